The van der Waals surface area contributed by atoms with E-state index in [1.54, 1.807) is 26.0 Å². The van der Waals surface area contributed by atoms with Crippen LogP contribution in [0.1, 0.15) is 127 Å². The second-order valence-corrected chi connectivity index (χ2v) is 16.4. The van der Waals surface area contributed by atoms with Crippen molar-refractivity contribution in [3.05, 3.63) is 23.3 Å². The molecule has 49 heavy (non-hydrogen) atoms. The van der Waals surface area contributed by atoms with Gasteiger partial charge in [0.05, 0.1) is 11.3 Å². The average Bonchev–Trinajstić information content (AvgIpc) is 3.56. The zero-order valence-corrected chi connectivity index (χ0v) is 31.4. The second kappa shape index (κ2) is 15.4. The second-order valence-electron chi connectivity index (χ2n) is 16.4. The van der Waals surface area contributed by atoms with E-state index >= 15 is 4.79 Å². The van der Waals surface area contributed by atoms with E-state index in [4.69, 9.17) is 14.2 Å². The zero-order chi connectivity index (χ0) is 36.5. The number of ketones is 1. The molecule has 10 atom stereocenters. The molecule has 0 aliphatic heterocycles. The monoisotopic (exact) mass is 686 g/mol. The molecule has 0 aromatic rings. The van der Waals surface area contributed by atoms with E-state index in [1.807, 2.05) is 20.8 Å². The number of fused-ring (bicyclic) bond motifs is 3. The molecule has 0 radical (unpaired) electrons. The van der Waals surface area contributed by atoms with Crippen LogP contribution >= 0.6 is 0 Å². The van der Waals surface area contributed by atoms with E-state index in [-0.39, 0.29) is 53.5 Å². The Morgan fingerprint density at radius 1 is 0.939 bits per heavy atom. The highest BCUT2D eigenvalue weighted by Gasteiger charge is 2.79. The smallest absolute Gasteiger partial charge is 0.309 e. The van der Waals surface area contributed by atoms with E-state index in [0.717, 1.165) is 25.7 Å². The summed E-state index contributed by atoms with van der Waals surface area (Å²) in [4.78, 5) is 53.8. The number of ether oxygens (including phenoxy) is 3. The lowest BCUT2D eigenvalue weighted by atomic mass is 9.58. The Hall–Kier alpha value is -2.52. The first kappa shape index (κ1) is 39.3. The minimum Gasteiger partial charge on any atom is -0.462 e. The van der Waals surface area contributed by atoms with Crippen LogP contribution in [0.5, 0.6) is 0 Å². The Kier molecular flexibility index (Phi) is 12.3. The van der Waals surface area contributed by atoms with Crippen molar-refractivity contribution in [1.29, 1.82) is 0 Å². The highest BCUT2D eigenvalue weighted by molar-refractivity contribution is 5.96. The van der Waals surface area contributed by atoms with Gasteiger partial charge in [-0.1, -0.05) is 112 Å². The van der Waals surface area contributed by atoms with Crippen molar-refractivity contribution in [2.45, 2.75) is 150 Å². The van der Waals surface area contributed by atoms with E-state index < -0.39 is 59.0 Å². The first-order valence-corrected chi connectivity index (χ1v) is 18.9. The fraction of sp³-hybridized carbons (Fsp3) is 0.800. The van der Waals surface area contributed by atoms with Crippen LogP contribution in [-0.2, 0) is 33.4 Å². The SMILES string of the molecule is CCCCCCCCCCCC(=O)O[C@@H]1C2C([C@@H]3C=C(COC(C)=O)[C@@H](O)[C@]4(O)[C@@H](OC(=O)C(C)C(C)C)C(C)=C[C@@]4(C3=O)[C@@H]1C)C2(C)C. The van der Waals surface area contributed by atoms with Crippen molar-refractivity contribution >= 4 is 23.7 Å². The lowest BCUT2D eigenvalue weighted by Gasteiger charge is -2.50. The highest BCUT2D eigenvalue weighted by Crippen LogP contribution is 2.72. The number of unbranched alkanes of at least 4 members (excludes halogenated alkanes) is 8. The molecule has 4 rings (SSSR count). The maximum absolute atomic E-state index is 15.1. The Bertz CT molecular complexity index is 1310. The molecule has 2 bridgehead atoms. The number of hydrogen-bond donors (Lipinski definition) is 2. The summed E-state index contributed by atoms with van der Waals surface area (Å²) < 4.78 is 17.7. The quantitative estimate of drug-likeness (QED) is 0.0790. The van der Waals surface area contributed by atoms with Crippen molar-refractivity contribution < 1.29 is 43.6 Å². The van der Waals surface area contributed by atoms with Gasteiger partial charge in [-0.05, 0) is 41.7 Å². The lowest BCUT2D eigenvalue weighted by molar-refractivity contribution is -0.212. The number of carbonyl (C=O) groups excluding carboxylic acids is 4. The van der Waals surface area contributed by atoms with Crippen LogP contribution in [0, 0.1) is 46.3 Å². The largest absolute Gasteiger partial charge is 0.462 e. The Balaban J connectivity index is 1.67. The van der Waals surface area contributed by atoms with Crippen LogP contribution in [-0.4, -0.2) is 64.4 Å². The molecular formula is C40H62O9. The first-order valence-electron chi connectivity index (χ1n) is 18.9. The molecule has 4 aliphatic carbocycles. The van der Waals surface area contributed by atoms with Crippen molar-refractivity contribution in [3.63, 3.8) is 0 Å². The van der Waals surface area contributed by atoms with E-state index in [0.29, 0.717) is 5.57 Å². The number of aliphatic hydroxyl groups is 2. The van der Waals surface area contributed by atoms with Crippen LogP contribution < -0.4 is 0 Å². The van der Waals surface area contributed by atoms with Gasteiger partial charge in [-0.3, -0.25) is 19.2 Å². The van der Waals surface area contributed by atoms with Crippen LogP contribution in [0.2, 0.25) is 0 Å². The van der Waals surface area contributed by atoms with Gasteiger partial charge in [0.15, 0.2) is 17.5 Å². The maximum atomic E-state index is 15.1. The van der Waals surface area contributed by atoms with Crippen LogP contribution in [0.3, 0.4) is 0 Å². The Labute approximate surface area is 293 Å². The Morgan fingerprint density at radius 3 is 2.10 bits per heavy atom. The molecule has 2 saturated carbocycles. The average molecular weight is 687 g/mol. The van der Waals surface area contributed by atoms with E-state index in [9.17, 15) is 24.6 Å². The first-order chi connectivity index (χ1) is 23.0. The number of carbonyl (C=O) groups is 4. The minimum atomic E-state index is -2.34. The van der Waals surface area contributed by atoms with Gasteiger partial charge < -0.3 is 24.4 Å². The van der Waals surface area contributed by atoms with Gasteiger partial charge in [0.2, 0.25) is 0 Å². The topological polar surface area (TPSA) is 136 Å². The molecule has 0 aromatic heterocycles. The number of rotatable bonds is 16. The van der Waals surface area contributed by atoms with Gasteiger partial charge in [0, 0.05) is 31.1 Å². The molecule has 3 unspecified atom stereocenters. The van der Waals surface area contributed by atoms with Gasteiger partial charge in [0.1, 0.15) is 18.8 Å². The summed E-state index contributed by atoms with van der Waals surface area (Å²) in [5.74, 6) is -4.29. The van der Waals surface area contributed by atoms with Crippen molar-refractivity contribution in [1.82, 2.24) is 0 Å². The zero-order valence-electron chi connectivity index (χ0n) is 31.4. The molecule has 2 fully saturated rings. The molecule has 0 heterocycles. The van der Waals surface area contributed by atoms with Gasteiger partial charge in [-0.15, -0.1) is 0 Å². The molecule has 2 N–H and O–H groups in total. The van der Waals surface area contributed by atoms with Gasteiger partial charge in [-0.2, -0.15) is 0 Å². The Morgan fingerprint density at radius 2 is 1.53 bits per heavy atom. The van der Waals surface area contributed by atoms with Crippen LogP contribution in [0.15, 0.2) is 23.3 Å². The molecular weight excluding hydrogens is 624 g/mol. The minimum absolute atomic E-state index is 0.0491. The summed E-state index contributed by atoms with van der Waals surface area (Å²) in [5.41, 5.74) is -3.86. The summed E-state index contributed by atoms with van der Waals surface area (Å²) in [6.07, 6.45) is 9.90. The summed E-state index contributed by atoms with van der Waals surface area (Å²) >= 11 is 0. The number of aliphatic hydroxyl groups excluding tert-OH is 1. The predicted octanol–water partition coefficient (Wildman–Crippen LogP) is 6.67. The van der Waals surface area contributed by atoms with Crippen molar-refractivity contribution in [2.75, 3.05) is 6.61 Å². The lowest BCUT2D eigenvalue weighted by Crippen LogP contribution is -2.67. The third-order valence-electron chi connectivity index (χ3n) is 12.6. The molecule has 276 valence electrons. The van der Waals surface area contributed by atoms with Crippen molar-refractivity contribution in [3.8, 4) is 0 Å². The number of esters is 3. The highest BCUT2D eigenvalue weighted by atomic mass is 16.6. The number of Topliss-reactive ketones (excluding diaryl/α,β-unsaturated/α-hetero) is 1. The number of allylic oxidation sites excluding steroid dienone is 1. The summed E-state index contributed by atoms with van der Waals surface area (Å²) in [5, 5.41) is 25.2. The molecule has 0 saturated heterocycles. The van der Waals surface area contributed by atoms with Gasteiger partial charge in [-0.25, -0.2) is 0 Å². The third-order valence-corrected chi connectivity index (χ3v) is 12.6. The van der Waals surface area contributed by atoms with Crippen LogP contribution in [0.4, 0.5) is 0 Å². The fourth-order valence-corrected chi connectivity index (χ4v) is 9.25. The summed E-state index contributed by atoms with van der Waals surface area (Å²) in [7, 11) is 0. The molecule has 0 amide bonds. The third kappa shape index (κ3) is 7.17. The molecule has 1 spiro atoms. The molecule has 9 nitrogen and oxygen atoms in total. The maximum Gasteiger partial charge on any atom is 0.309 e. The van der Waals surface area contributed by atoms with E-state index in [2.05, 4.69) is 20.8 Å². The molecule has 9 heteroatoms. The molecule has 0 aromatic carbocycles. The van der Waals surface area contributed by atoms with E-state index in [1.165, 1.54) is 39.0 Å². The van der Waals surface area contributed by atoms with Crippen LogP contribution in [0.25, 0.3) is 0 Å². The predicted molar refractivity (Wildman–Crippen MR) is 186 cm³/mol. The normalized spacial score (nSPS) is 34.9. The van der Waals surface area contributed by atoms with Gasteiger partial charge in [0.25, 0.3) is 0 Å². The fourth-order valence-electron chi connectivity index (χ4n) is 9.25. The van der Waals surface area contributed by atoms with Gasteiger partial charge >= 0.3 is 17.9 Å². The van der Waals surface area contributed by atoms with Crippen molar-refractivity contribution in [2.24, 2.45) is 46.3 Å². The number of hydrogen-bond acceptors (Lipinski definition) is 9. The summed E-state index contributed by atoms with van der Waals surface area (Å²) in [6, 6.07) is 0. The summed E-state index contributed by atoms with van der Waals surface area (Å²) in [6.45, 7) is 16.3. The molecule has 4 aliphatic rings. The standard InChI is InChI=1S/C40H62O9/c1-10-11-12-13-14-15-16-17-18-19-30(42)48-33-26(6)39-21-24(4)36(49-37(45)25(5)23(2)3)40(39,46)34(43)28(22-47-27(7)41)20-29(35(39)44)31-32(33)38(31,8)9/h20-21,23,25-26,29,31-34,36,43,46H,10-19,22H2,1-9H3/t25?,26-,29+,31?,32?,33+,34-,36+,39+,40+/m1/s1.